The van der Waals surface area contributed by atoms with Crippen molar-refractivity contribution in [1.29, 1.82) is 0 Å². The van der Waals surface area contributed by atoms with E-state index in [1.165, 1.54) is 6.07 Å². The lowest BCUT2D eigenvalue weighted by atomic mass is 10.1. The molecule has 0 spiro atoms. The zero-order valence-electron chi connectivity index (χ0n) is 8.67. The Morgan fingerprint density at radius 3 is 2.24 bits per heavy atom. The fourth-order valence-electron chi connectivity index (χ4n) is 1.57. The van der Waals surface area contributed by atoms with Gasteiger partial charge in [0.1, 0.15) is 4.90 Å². The first-order valence-corrected chi connectivity index (χ1v) is 6.63. The maximum atomic E-state index is 11.3. The summed E-state index contributed by atoms with van der Waals surface area (Å²) in [4.78, 5) is -0.184. The van der Waals surface area contributed by atoms with E-state index in [0.717, 1.165) is 0 Å². The first-order valence-electron chi connectivity index (χ1n) is 4.81. The molecule has 2 aromatic rings. The Bertz CT molecular complexity index is 636. The first-order chi connectivity index (χ1) is 7.98. The molecule has 0 aliphatic heterocycles. The second-order valence-corrected chi connectivity index (χ2v) is 5.31. The quantitative estimate of drug-likeness (QED) is 0.851. The lowest BCUT2D eigenvalue weighted by Crippen LogP contribution is -2.00. The number of benzene rings is 2. The van der Waals surface area contributed by atoms with Crippen molar-refractivity contribution in [2.75, 3.05) is 0 Å². The molecule has 1 N–H and O–H groups in total. The van der Waals surface area contributed by atoms with Crippen LogP contribution in [-0.4, -0.2) is 13.0 Å². The molecule has 0 amide bonds. The van der Waals surface area contributed by atoms with Crippen molar-refractivity contribution in [3.05, 3.63) is 53.6 Å². The maximum absolute atomic E-state index is 11.3. The van der Waals surface area contributed by atoms with Crippen molar-refractivity contribution in [3.8, 4) is 11.1 Å². The van der Waals surface area contributed by atoms with Crippen molar-refractivity contribution in [1.82, 2.24) is 0 Å². The highest BCUT2D eigenvalue weighted by Crippen LogP contribution is 2.29. The fourth-order valence-corrected chi connectivity index (χ4v) is 2.54. The summed E-state index contributed by atoms with van der Waals surface area (Å²) in [6, 6.07) is 13.3. The molecule has 0 aliphatic carbocycles. The van der Waals surface area contributed by atoms with Gasteiger partial charge in [0.2, 0.25) is 0 Å². The Hall–Kier alpha value is -1.36. The summed E-state index contributed by atoms with van der Waals surface area (Å²) in [5.41, 5.74) is 1.13. The van der Waals surface area contributed by atoms with E-state index in [2.05, 4.69) is 0 Å². The molecule has 0 saturated heterocycles. The molecule has 0 saturated carbocycles. The van der Waals surface area contributed by atoms with Gasteiger partial charge in [0, 0.05) is 10.6 Å². The minimum absolute atomic E-state index is 0.184. The minimum atomic E-state index is -4.29. The third-order valence-corrected chi connectivity index (χ3v) is 3.44. The lowest BCUT2D eigenvalue weighted by molar-refractivity contribution is 0.483. The Balaban J connectivity index is 2.71. The highest BCUT2D eigenvalue weighted by molar-refractivity contribution is 7.86. The van der Waals surface area contributed by atoms with Crippen molar-refractivity contribution < 1.29 is 13.0 Å². The molecule has 0 aromatic heterocycles. The van der Waals surface area contributed by atoms with Crippen LogP contribution in [0.15, 0.2) is 53.4 Å². The third kappa shape index (κ3) is 2.66. The predicted molar refractivity (Wildman–Crippen MR) is 66.7 cm³/mol. The van der Waals surface area contributed by atoms with E-state index in [0.29, 0.717) is 11.1 Å². The van der Waals surface area contributed by atoms with E-state index < -0.39 is 10.1 Å². The van der Waals surface area contributed by atoms with Crippen LogP contribution >= 0.6 is 11.6 Å². The van der Waals surface area contributed by atoms with Gasteiger partial charge in [-0.2, -0.15) is 8.42 Å². The van der Waals surface area contributed by atoms with Crippen LogP contribution < -0.4 is 0 Å². The summed E-state index contributed by atoms with van der Waals surface area (Å²) >= 11 is 5.73. The van der Waals surface area contributed by atoms with Crippen LogP contribution in [0.4, 0.5) is 0 Å². The van der Waals surface area contributed by atoms with Crippen LogP contribution in [0.1, 0.15) is 0 Å². The molecule has 0 heterocycles. The van der Waals surface area contributed by atoms with E-state index in [9.17, 15) is 8.42 Å². The highest BCUT2D eigenvalue weighted by Gasteiger charge is 2.16. The predicted octanol–water partition coefficient (Wildman–Crippen LogP) is 3.25. The van der Waals surface area contributed by atoms with Crippen LogP contribution in [0.2, 0.25) is 5.02 Å². The molecule has 2 aromatic carbocycles. The average Bonchev–Trinajstić information content (AvgIpc) is 2.29. The summed E-state index contributed by atoms with van der Waals surface area (Å²) in [5, 5.41) is 0.261. The van der Waals surface area contributed by atoms with Gasteiger partial charge in [-0.3, -0.25) is 4.55 Å². The zero-order valence-corrected chi connectivity index (χ0v) is 10.2. The summed E-state index contributed by atoms with van der Waals surface area (Å²) < 4.78 is 31.7. The van der Waals surface area contributed by atoms with Crippen LogP contribution in [0, 0.1) is 0 Å². The van der Waals surface area contributed by atoms with E-state index in [1.807, 2.05) is 6.07 Å². The second-order valence-electron chi connectivity index (χ2n) is 3.48. The monoisotopic (exact) mass is 268 g/mol. The number of hydrogen-bond donors (Lipinski definition) is 1. The molecule has 0 aliphatic rings. The Labute approximate surface area is 104 Å². The molecule has 0 bridgehead atoms. The molecule has 17 heavy (non-hydrogen) atoms. The van der Waals surface area contributed by atoms with Crippen molar-refractivity contribution in [3.63, 3.8) is 0 Å². The molecule has 0 radical (unpaired) electrons. The average molecular weight is 269 g/mol. The van der Waals surface area contributed by atoms with Crippen molar-refractivity contribution >= 4 is 21.7 Å². The van der Waals surface area contributed by atoms with Gasteiger partial charge in [0.05, 0.1) is 0 Å². The normalized spacial score (nSPS) is 11.4. The van der Waals surface area contributed by atoms with E-state index in [4.69, 9.17) is 16.2 Å². The molecule has 2 rings (SSSR count). The Morgan fingerprint density at radius 1 is 1.00 bits per heavy atom. The first kappa shape index (κ1) is 12.1. The van der Waals surface area contributed by atoms with Gasteiger partial charge < -0.3 is 0 Å². The summed E-state index contributed by atoms with van der Waals surface area (Å²) in [7, 11) is -4.29. The molecule has 0 fully saturated rings. The third-order valence-electron chi connectivity index (χ3n) is 2.31. The molecule has 3 nitrogen and oxygen atoms in total. The van der Waals surface area contributed by atoms with Crippen LogP contribution in [0.5, 0.6) is 0 Å². The second kappa shape index (κ2) is 4.49. The molecule has 5 heteroatoms. The molecule has 0 atom stereocenters. The number of halogens is 1. The van der Waals surface area contributed by atoms with Gasteiger partial charge in [0.15, 0.2) is 0 Å². The Morgan fingerprint density at radius 2 is 1.65 bits per heavy atom. The van der Waals surface area contributed by atoms with Gasteiger partial charge in [0.25, 0.3) is 10.1 Å². The topological polar surface area (TPSA) is 54.4 Å². The van der Waals surface area contributed by atoms with Crippen LogP contribution in [0.25, 0.3) is 11.1 Å². The molecular weight excluding hydrogens is 260 g/mol. The minimum Gasteiger partial charge on any atom is -0.282 e. The van der Waals surface area contributed by atoms with Crippen LogP contribution in [0.3, 0.4) is 0 Å². The van der Waals surface area contributed by atoms with Gasteiger partial charge in [-0.1, -0.05) is 48.0 Å². The number of rotatable bonds is 2. The van der Waals surface area contributed by atoms with E-state index >= 15 is 0 Å². The standard InChI is InChI=1S/C12H9ClO3S/c13-10-6-7-11(9-4-2-1-3-5-9)12(8-10)17(14,15)16/h1-8H,(H,14,15,16). The smallest absolute Gasteiger partial charge is 0.282 e. The zero-order chi connectivity index (χ0) is 12.5. The lowest BCUT2D eigenvalue weighted by Gasteiger charge is -2.07. The SMILES string of the molecule is O=S(=O)(O)c1cc(Cl)ccc1-c1ccccc1. The molecule has 88 valence electrons. The molecule has 0 unspecified atom stereocenters. The molecular formula is C12H9ClO3S. The largest absolute Gasteiger partial charge is 0.295 e. The van der Waals surface area contributed by atoms with Crippen molar-refractivity contribution in [2.24, 2.45) is 0 Å². The maximum Gasteiger partial charge on any atom is 0.295 e. The Kier molecular flexibility index (Phi) is 3.19. The number of hydrogen-bond acceptors (Lipinski definition) is 2. The summed E-state index contributed by atoms with van der Waals surface area (Å²) in [5.74, 6) is 0. The van der Waals surface area contributed by atoms with Gasteiger partial charge in [-0.05, 0) is 17.7 Å². The van der Waals surface area contributed by atoms with Crippen LogP contribution in [-0.2, 0) is 10.1 Å². The van der Waals surface area contributed by atoms with Crippen molar-refractivity contribution in [2.45, 2.75) is 4.90 Å². The van der Waals surface area contributed by atoms with Gasteiger partial charge in [-0.15, -0.1) is 0 Å². The van der Waals surface area contributed by atoms with E-state index in [1.54, 1.807) is 36.4 Å². The fraction of sp³-hybridized carbons (Fsp3) is 0. The summed E-state index contributed by atoms with van der Waals surface area (Å²) in [6.07, 6.45) is 0. The van der Waals surface area contributed by atoms with Gasteiger partial charge >= 0.3 is 0 Å². The van der Waals surface area contributed by atoms with E-state index in [-0.39, 0.29) is 9.92 Å². The van der Waals surface area contributed by atoms with Gasteiger partial charge in [-0.25, -0.2) is 0 Å². The highest BCUT2D eigenvalue weighted by atomic mass is 35.5. The summed E-state index contributed by atoms with van der Waals surface area (Å²) in [6.45, 7) is 0.